The molecule has 0 saturated carbocycles. The van der Waals surface area contributed by atoms with Gasteiger partial charge in [0.2, 0.25) is 0 Å². The van der Waals surface area contributed by atoms with Crippen LogP contribution >= 0.6 is 11.8 Å². The molecule has 2 aromatic rings. The van der Waals surface area contributed by atoms with Crippen molar-refractivity contribution in [3.8, 4) is 11.5 Å². The van der Waals surface area contributed by atoms with Crippen molar-refractivity contribution >= 4 is 22.7 Å². The Kier molecular flexibility index (Phi) is 3.43. The smallest absolute Gasteiger partial charge is 0.162 e. The molecule has 1 aromatic carbocycles. The van der Waals surface area contributed by atoms with Crippen LogP contribution < -0.4 is 9.47 Å². The lowest BCUT2D eigenvalue weighted by Gasteiger charge is -2.10. The Morgan fingerprint density at radius 1 is 1.06 bits per heavy atom. The van der Waals surface area contributed by atoms with Crippen molar-refractivity contribution in [1.29, 1.82) is 0 Å². The summed E-state index contributed by atoms with van der Waals surface area (Å²) in [6.45, 7) is 2.06. The molecule has 0 atom stereocenters. The number of ether oxygens (including phenoxy) is 2. The van der Waals surface area contributed by atoms with E-state index >= 15 is 0 Å². The average molecular weight is 249 g/mol. The molecule has 0 saturated heterocycles. The van der Waals surface area contributed by atoms with Crippen molar-refractivity contribution in [2.24, 2.45) is 0 Å². The molecule has 0 unspecified atom stereocenters. The molecule has 4 heteroatoms. The van der Waals surface area contributed by atoms with Crippen LogP contribution in [0.15, 0.2) is 23.2 Å². The van der Waals surface area contributed by atoms with Crippen molar-refractivity contribution in [3.63, 3.8) is 0 Å². The van der Waals surface area contributed by atoms with Crippen molar-refractivity contribution in [2.75, 3.05) is 20.5 Å². The molecule has 90 valence electrons. The summed E-state index contributed by atoms with van der Waals surface area (Å²) in [6, 6.07) is 5.99. The highest BCUT2D eigenvalue weighted by Gasteiger charge is 2.09. The Labute approximate surface area is 105 Å². The van der Waals surface area contributed by atoms with E-state index in [0.717, 1.165) is 21.7 Å². The van der Waals surface area contributed by atoms with Gasteiger partial charge in [-0.2, -0.15) is 0 Å². The first-order chi connectivity index (χ1) is 8.19. The van der Waals surface area contributed by atoms with Crippen LogP contribution in [0.3, 0.4) is 0 Å². The van der Waals surface area contributed by atoms with E-state index < -0.39 is 0 Å². The van der Waals surface area contributed by atoms with Gasteiger partial charge in [-0.1, -0.05) is 0 Å². The third kappa shape index (κ3) is 2.17. The molecule has 2 rings (SSSR count). The van der Waals surface area contributed by atoms with Crippen LogP contribution in [0, 0.1) is 6.92 Å². The summed E-state index contributed by atoms with van der Waals surface area (Å²) in [4.78, 5) is 4.60. The minimum atomic E-state index is 0.711. The van der Waals surface area contributed by atoms with E-state index in [2.05, 4.69) is 18.0 Å². The SMILES string of the molecule is COc1cc2cc(C)c(SC)nc2cc1OC. The molecule has 0 aliphatic rings. The molecule has 0 fully saturated rings. The second-order valence-corrected chi connectivity index (χ2v) is 4.51. The van der Waals surface area contributed by atoms with Gasteiger partial charge in [0.15, 0.2) is 11.5 Å². The fraction of sp³-hybridized carbons (Fsp3) is 0.308. The highest BCUT2D eigenvalue weighted by Crippen LogP contribution is 2.33. The van der Waals surface area contributed by atoms with Crippen LogP contribution in [-0.2, 0) is 0 Å². The maximum atomic E-state index is 5.28. The number of fused-ring (bicyclic) bond motifs is 1. The third-order valence-electron chi connectivity index (χ3n) is 2.66. The quantitative estimate of drug-likeness (QED) is 0.781. The van der Waals surface area contributed by atoms with Crippen LogP contribution in [0.2, 0.25) is 0 Å². The fourth-order valence-corrected chi connectivity index (χ4v) is 2.37. The molecule has 1 heterocycles. The third-order valence-corrected chi connectivity index (χ3v) is 3.46. The number of methoxy groups -OCH3 is 2. The maximum absolute atomic E-state index is 5.28. The zero-order valence-corrected chi connectivity index (χ0v) is 11.2. The second kappa shape index (κ2) is 4.84. The van der Waals surface area contributed by atoms with E-state index in [1.54, 1.807) is 26.0 Å². The number of thioether (sulfide) groups is 1. The van der Waals surface area contributed by atoms with Crippen LogP contribution in [0.5, 0.6) is 11.5 Å². The fourth-order valence-electron chi connectivity index (χ4n) is 1.80. The first kappa shape index (κ1) is 12.0. The number of aryl methyl sites for hydroxylation is 1. The number of pyridine rings is 1. The zero-order chi connectivity index (χ0) is 12.4. The summed E-state index contributed by atoms with van der Waals surface area (Å²) in [7, 11) is 3.27. The monoisotopic (exact) mass is 249 g/mol. The lowest BCUT2D eigenvalue weighted by atomic mass is 10.1. The van der Waals surface area contributed by atoms with E-state index in [1.807, 2.05) is 18.4 Å². The number of hydrogen-bond donors (Lipinski definition) is 0. The minimum absolute atomic E-state index is 0.711. The molecule has 0 aliphatic carbocycles. The number of nitrogens with zero attached hydrogens (tertiary/aromatic N) is 1. The molecule has 17 heavy (non-hydrogen) atoms. The Hall–Kier alpha value is -1.42. The average Bonchev–Trinajstić information content (AvgIpc) is 2.36. The summed E-state index contributed by atoms with van der Waals surface area (Å²) in [5.41, 5.74) is 2.11. The molecule has 0 spiro atoms. The van der Waals surface area contributed by atoms with Gasteiger partial charge in [0, 0.05) is 11.5 Å². The molecule has 3 nitrogen and oxygen atoms in total. The van der Waals surface area contributed by atoms with Crippen molar-refractivity contribution in [1.82, 2.24) is 4.98 Å². The van der Waals surface area contributed by atoms with E-state index in [0.29, 0.717) is 5.75 Å². The van der Waals surface area contributed by atoms with Crippen molar-refractivity contribution < 1.29 is 9.47 Å². The summed E-state index contributed by atoms with van der Waals surface area (Å²) in [6.07, 6.45) is 2.03. The van der Waals surface area contributed by atoms with Crippen LogP contribution in [0.1, 0.15) is 5.56 Å². The first-order valence-electron chi connectivity index (χ1n) is 5.27. The van der Waals surface area contributed by atoms with Gasteiger partial charge in [-0.3, -0.25) is 0 Å². The van der Waals surface area contributed by atoms with E-state index in [9.17, 15) is 0 Å². The molecular formula is C13H15NO2S. The number of aromatic nitrogens is 1. The van der Waals surface area contributed by atoms with Crippen molar-refractivity contribution in [3.05, 3.63) is 23.8 Å². The predicted molar refractivity (Wildman–Crippen MR) is 71.4 cm³/mol. The van der Waals surface area contributed by atoms with Crippen LogP contribution in [0.4, 0.5) is 0 Å². The topological polar surface area (TPSA) is 31.4 Å². The van der Waals surface area contributed by atoms with Gasteiger partial charge in [-0.15, -0.1) is 11.8 Å². The lowest BCUT2D eigenvalue weighted by Crippen LogP contribution is -1.93. The summed E-state index contributed by atoms with van der Waals surface area (Å²) in [5, 5.41) is 2.11. The van der Waals surface area contributed by atoms with Gasteiger partial charge in [0.1, 0.15) is 0 Å². The molecule has 1 aromatic heterocycles. The molecule has 0 radical (unpaired) electrons. The molecule has 0 bridgehead atoms. The molecule has 0 aliphatic heterocycles. The molecule has 0 amide bonds. The number of rotatable bonds is 3. The maximum Gasteiger partial charge on any atom is 0.162 e. The Bertz CT molecular complexity index is 555. The Morgan fingerprint density at radius 3 is 2.29 bits per heavy atom. The zero-order valence-electron chi connectivity index (χ0n) is 10.4. The van der Waals surface area contributed by atoms with Gasteiger partial charge in [-0.25, -0.2) is 4.98 Å². The van der Waals surface area contributed by atoms with E-state index in [4.69, 9.17) is 9.47 Å². The van der Waals surface area contributed by atoms with Crippen LogP contribution in [-0.4, -0.2) is 25.5 Å². The van der Waals surface area contributed by atoms with Gasteiger partial charge < -0.3 is 9.47 Å². The Morgan fingerprint density at radius 2 is 1.71 bits per heavy atom. The number of hydrogen-bond acceptors (Lipinski definition) is 4. The summed E-state index contributed by atoms with van der Waals surface area (Å²) < 4.78 is 10.6. The van der Waals surface area contributed by atoms with Gasteiger partial charge in [-0.05, 0) is 30.9 Å². The normalized spacial score (nSPS) is 10.6. The molecular weight excluding hydrogens is 234 g/mol. The van der Waals surface area contributed by atoms with E-state index in [-0.39, 0.29) is 0 Å². The second-order valence-electron chi connectivity index (χ2n) is 3.71. The largest absolute Gasteiger partial charge is 0.493 e. The summed E-state index contributed by atoms with van der Waals surface area (Å²) >= 11 is 1.65. The molecule has 0 N–H and O–H groups in total. The van der Waals surface area contributed by atoms with Gasteiger partial charge >= 0.3 is 0 Å². The lowest BCUT2D eigenvalue weighted by molar-refractivity contribution is 0.356. The van der Waals surface area contributed by atoms with Crippen LogP contribution in [0.25, 0.3) is 10.9 Å². The van der Waals surface area contributed by atoms with Gasteiger partial charge in [0.25, 0.3) is 0 Å². The Balaban J connectivity index is 2.70. The highest BCUT2D eigenvalue weighted by molar-refractivity contribution is 7.98. The highest BCUT2D eigenvalue weighted by atomic mass is 32.2. The standard InChI is InChI=1S/C13H15NO2S/c1-8-5-9-6-11(15-2)12(16-3)7-10(9)14-13(8)17-4/h5-7H,1-4H3. The van der Waals surface area contributed by atoms with Crippen molar-refractivity contribution in [2.45, 2.75) is 11.9 Å². The summed E-state index contributed by atoms with van der Waals surface area (Å²) in [5.74, 6) is 1.45. The number of benzene rings is 1. The minimum Gasteiger partial charge on any atom is -0.493 e. The predicted octanol–water partition coefficient (Wildman–Crippen LogP) is 3.28. The first-order valence-corrected chi connectivity index (χ1v) is 6.49. The van der Waals surface area contributed by atoms with E-state index in [1.165, 1.54) is 5.56 Å². The van der Waals surface area contributed by atoms with Gasteiger partial charge in [0.05, 0.1) is 24.8 Å².